The first-order valence-corrected chi connectivity index (χ1v) is 5.77. The van der Waals surface area contributed by atoms with Gasteiger partial charge in [-0.2, -0.15) is 0 Å². The molecule has 0 aliphatic carbocycles. The molecule has 2 aromatic rings. The topological polar surface area (TPSA) is 35.2 Å². The van der Waals surface area contributed by atoms with Gasteiger partial charge in [0.05, 0.1) is 13.2 Å². The molecule has 2 aromatic carbocycles. The predicted molar refractivity (Wildman–Crippen MR) is 70.2 cm³/mol. The fourth-order valence-electron chi connectivity index (χ4n) is 1.96. The zero-order valence-corrected chi connectivity index (χ0v) is 10.5. The lowest BCUT2D eigenvalue weighted by Gasteiger charge is -2.14. The Morgan fingerprint density at radius 2 is 1.67 bits per heavy atom. The summed E-state index contributed by atoms with van der Waals surface area (Å²) in [4.78, 5) is 0. The molecule has 0 radical (unpaired) electrons. The Morgan fingerprint density at radius 3 is 2.22 bits per heavy atom. The molecule has 3 heteroatoms. The van der Waals surface area contributed by atoms with E-state index >= 15 is 0 Å². The third kappa shape index (κ3) is 2.51. The first kappa shape index (κ1) is 12.6. The Kier molecular flexibility index (Phi) is 3.63. The van der Waals surface area contributed by atoms with Crippen LogP contribution in [0.15, 0.2) is 42.5 Å². The highest BCUT2D eigenvalue weighted by Crippen LogP contribution is 2.25. The maximum absolute atomic E-state index is 12.9. The Morgan fingerprint density at radius 1 is 1.06 bits per heavy atom. The molecule has 2 rings (SSSR count). The first-order valence-electron chi connectivity index (χ1n) is 5.77. The minimum absolute atomic E-state index is 0.253. The summed E-state index contributed by atoms with van der Waals surface area (Å²) < 4.78 is 18.1. The van der Waals surface area contributed by atoms with Gasteiger partial charge in [-0.3, -0.25) is 0 Å². The van der Waals surface area contributed by atoms with Gasteiger partial charge in [0, 0.05) is 0 Å². The quantitative estimate of drug-likeness (QED) is 0.901. The molecule has 1 unspecified atom stereocenters. The second-order valence-corrected chi connectivity index (χ2v) is 4.26. The maximum atomic E-state index is 12.9. The van der Waals surface area contributed by atoms with Crippen LogP contribution in [0, 0.1) is 12.7 Å². The lowest BCUT2D eigenvalue weighted by Crippen LogP contribution is -2.12. The molecule has 0 saturated carbocycles. The second kappa shape index (κ2) is 5.19. The fraction of sp³-hybridized carbons (Fsp3) is 0.200. The summed E-state index contributed by atoms with van der Waals surface area (Å²) in [7, 11) is 1.64. The van der Waals surface area contributed by atoms with E-state index in [1.165, 1.54) is 12.1 Å². The van der Waals surface area contributed by atoms with Crippen molar-refractivity contribution in [2.24, 2.45) is 5.73 Å². The molecule has 2 N–H and O–H groups in total. The van der Waals surface area contributed by atoms with E-state index in [9.17, 15) is 4.39 Å². The zero-order valence-electron chi connectivity index (χ0n) is 10.5. The Hall–Kier alpha value is -1.87. The number of rotatable bonds is 3. The van der Waals surface area contributed by atoms with Gasteiger partial charge in [0.1, 0.15) is 11.6 Å². The van der Waals surface area contributed by atoms with E-state index in [1.807, 2.05) is 25.1 Å². The van der Waals surface area contributed by atoms with E-state index in [4.69, 9.17) is 10.5 Å². The molecule has 0 spiro atoms. The lowest BCUT2D eigenvalue weighted by atomic mass is 9.98. The monoisotopic (exact) mass is 245 g/mol. The molecule has 2 nitrogen and oxygen atoms in total. The molecular formula is C15H16FNO. The van der Waals surface area contributed by atoms with Crippen LogP contribution in [0.25, 0.3) is 0 Å². The van der Waals surface area contributed by atoms with Crippen molar-refractivity contribution in [2.45, 2.75) is 13.0 Å². The summed E-state index contributed by atoms with van der Waals surface area (Å²) in [5.74, 6) is 0.585. The summed E-state index contributed by atoms with van der Waals surface area (Å²) >= 11 is 0. The van der Waals surface area contributed by atoms with E-state index in [0.29, 0.717) is 0 Å². The number of ether oxygens (including phenoxy) is 1. The molecule has 0 aliphatic rings. The third-order valence-electron chi connectivity index (χ3n) is 3.01. The van der Waals surface area contributed by atoms with E-state index in [2.05, 4.69) is 0 Å². The number of aryl methyl sites for hydroxylation is 1. The van der Waals surface area contributed by atoms with Crippen LogP contribution in [0.1, 0.15) is 22.7 Å². The molecule has 18 heavy (non-hydrogen) atoms. The molecule has 1 atom stereocenters. The molecule has 0 aromatic heterocycles. The molecule has 0 amide bonds. The predicted octanol–water partition coefficient (Wildman–Crippen LogP) is 3.19. The average molecular weight is 245 g/mol. The Bertz CT molecular complexity index is 537. The molecular weight excluding hydrogens is 229 g/mol. The lowest BCUT2D eigenvalue weighted by molar-refractivity contribution is 0.411. The highest BCUT2D eigenvalue weighted by Gasteiger charge is 2.10. The van der Waals surface area contributed by atoms with Gasteiger partial charge in [0.15, 0.2) is 0 Å². The van der Waals surface area contributed by atoms with Gasteiger partial charge in [0.25, 0.3) is 0 Å². The van der Waals surface area contributed by atoms with Crippen molar-refractivity contribution in [3.05, 3.63) is 65.0 Å². The molecule has 94 valence electrons. The van der Waals surface area contributed by atoms with Crippen molar-refractivity contribution < 1.29 is 9.13 Å². The first-order chi connectivity index (χ1) is 8.61. The molecule has 0 saturated heterocycles. The average Bonchev–Trinajstić information content (AvgIpc) is 2.38. The molecule has 0 heterocycles. The number of hydrogen-bond acceptors (Lipinski definition) is 2. The van der Waals surface area contributed by atoms with Crippen LogP contribution >= 0.6 is 0 Å². The highest BCUT2D eigenvalue weighted by atomic mass is 19.1. The van der Waals surface area contributed by atoms with Crippen LogP contribution in [-0.4, -0.2) is 7.11 Å². The summed E-state index contributed by atoms with van der Waals surface area (Å²) in [6, 6.07) is 11.8. The maximum Gasteiger partial charge on any atom is 0.123 e. The van der Waals surface area contributed by atoms with Gasteiger partial charge in [0.2, 0.25) is 0 Å². The van der Waals surface area contributed by atoms with Crippen molar-refractivity contribution >= 4 is 0 Å². The van der Waals surface area contributed by atoms with Crippen molar-refractivity contribution in [3.63, 3.8) is 0 Å². The summed E-state index contributed by atoms with van der Waals surface area (Å²) in [6.07, 6.45) is 0. The van der Waals surface area contributed by atoms with Crippen molar-refractivity contribution in [3.8, 4) is 5.75 Å². The number of nitrogens with two attached hydrogens (primary N) is 1. The van der Waals surface area contributed by atoms with E-state index in [1.54, 1.807) is 19.2 Å². The number of methoxy groups -OCH3 is 1. The Labute approximate surface area is 106 Å². The van der Waals surface area contributed by atoms with Crippen LogP contribution in [-0.2, 0) is 0 Å². The van der Waals surface area contributed by atoms with Crippen LogP contribution in [0.3, 0.4) is 0 Å². The van der Waals surface area contributed by atoms with Crippen LogP contribution in [0.2, 0.25) is 0 Å². The number of hydrogen-bond donors (Lipinski definition) is 1. The number of benzene rings is 2. The van der Waals surface area contributed by atoms with Crippen molar-refractivity contribution in [1.29, 1.82) is 0 Å². The molecule has 0 aliphatic heterocycles. The van der Waals surface area contributed by atoms with E-state index in [-0.39, 0.29) is 11.9 Å². The van der Waals surface area contributed by atoms with Crippen LogP contribution in [0.4, 0.5) is 4.39 Å². The van der Waals surface area contributed by atoms with Gasteiger partial charge < -0.3 is 10.5 Å². The Balaban J connectivity index is 2.31. The normalized spacial score (nSPS) is 12.2. The number of halogens is 1. The summed E-state index contributed by atoms with van der Waals surface area (Å²) in [5.41, 5.74) is 9.07. The molecule has 0 fully saturated rings. The standard InChI is InChI=1S/C15H16FNO/c1-10-9-12(5-8-14(10)18-2)15(17)11-3-6-13(16)7-4-11/h3-9,15H,17H2,1-2H3. The van der Waals surface area contributed by atoms with Crippen LogP contribution in [0.5, 0.6) is 5.75 Å². The van der Waals surface area contributed by atoms with Gasteiger partial charge in [-0.25, -0.2) is 4.39 Å². The van der Waals surface area contributed by atoms with Gasteiger partial charge in [-0.05, 0) is 41.8 Å². The fourth-order valence-corrected chi connectivity index (χ4v) is 1.96. The van der Waals surface area contributed by atoms with Crippen LogP contribution < -0.4 is 10.5 Å². The highest BCUT2D eigenvalue weighted by molar-refractivity contribution is 5.40. The zero-order chi connectivity index (χ0) is 13.1. The van der Waals surface area contributed by atoms with Gasteiger partial charge in [-0.15, -0.1) is 0 Å². The summed E-state index contributed by atoms with van der Waals surface area (Å²) in [5, 5.41) is 0. The van der Waals surface area contributed by atoms with Crippen molar-refractivity contribution in [2.75, 3.05) is 7.11 Å². The van der Waals surface area contributed by atoms with Gasteiger partial charge in [-0.1, -0.05) is 24.3 Å². The smallest absolute Gasteiger partial charge is 0.123 e. The SMILES string of the molecule is COc1ccc(C(N)c2ccc(F)cc2)cc1C. The largest absolute Gasteiger partial charge is 0.496 e. The second-order valence-electron chi connectivity index (χ2n) is 4.26. The van der Waals surface area contributed by atoms with Gasteiger partial charge >= 0.3 is 0 Å². The summed E-state index contributed by atoms with van der Waals surface area (Å²) in [6.45, 7) is 1.97. The third-order valence-corrected chi connectivity index (χ3v) is 3.01. The minimum atomic E-state index is -0.254. The molecule has 0 bridgehead atoms. The van der Waals surface area contributed by atoms with E-state index in [0.717, 1.165) is 22.4 Å². The minimum Gasteiger partial charge on any atom is -0.496 e. The van der Waals surface area contributed by atoms with E-state index < -0.39 is 0 Å². The van der Waals surface area contributed by atoms with Crippen molar-refractivity contribution in [1.82, 2.24) is 0 Å².